The quantitative estimate of drug-likeness (QED) is 0.184. The van der Waals surface area contributed by atoms with E-state index >= 15 is 0 Å². The van der Waals surface area contributed by atoms with Crippen LogP contribution in [0.3, 0.4) is 0 Å². The van der Waals surface area contributed by atoms with Crippen LogP contribution in [0.5, 0.6) is 11.5 Å². The zero-order chi connectivity index (χ0) is 44.9. The molecule has 61 heavy (non-hydrogen) atoms. The maximum absolute atomic E-state index is 10.4. The van der Waals surface area contributed by atoms with E-state index in [9.17, 15) is 10.2 Å². The topological polar surface area (TPSA) is 49.7 Å². The van der Waals surface area contributed by atoms with Gasteiger partial charge in [-0.2, -0.15) is 0 Å². The standard InChI is InChI=1S/C29H44O2.C29H48O/c1-20(2)12-9-13-21(3)14-10-15-22(4)16-11-18-29(8)19-17-26-25(7)27(30)23(5)24(6)28(26)31-29;1-7-21(19(2)3)9-8-20(4)25-12-13-26-24-11-10-22-18-23(30)14-16-28(22,5)27(24)15-17-29(25,26)6/h12,14,16,30H,9-11,13,15,17-19H2,1-8H3;8-10,19-21,23-27,30H,7,11-18H2,1-6H3/b21-14+,22-16+;9-8+/t29-;20-,21-,23+,24+,25-,26+,27+,28+,29-/m11/s1. The number of phenolic OH excluding ortho intramolecular Hbond substituents is 1. The minimum atomic E-state index is -0.133. The van der Waals surface area contributed by atoms with Gasteiger partial charge in [0.2, 0.25) is 0 Å². The van der Waals surface area contributed by atoms with Gasteiger partial charge >= 0.3 is 0 Å². The summed E-state index contributed by atoms with van der Waals surface area (Å²) >= 11 is 0. The van der Waals surface area contributed by atoms with Crippen LogP contribution in [0.1, 0.15) is 201 Å². The fraction of sp³-hybridized carbons (Fsp3) is 0.724. The SMILES string of the molecule is CC(C)=CCC/C(C)=C/CC/C(C)=C/CC[C@]1(C)CCc2c(C)c(O)c(C)c(C)c2O1.CC[C@H](/C=C/[C@@H](C)[C@H]1CC[C@H]2[C@@H]3CC=C4C[C@@H](O)CC[C@]4(C)[C@H]3CC[C@]12C)C(C)C. The molecule has 10 atom stereocenters. The number of hydrogen-bond donors (Lipinski definition) is 2. The van der Waals surface area contributed by atoms with Gasteiger partial charge in [-0.15, -0.1) is 0 Å². The van der Waals surface area contributed by atoms with E-state index in [2.05, 4.69) is 120 Å². The van der Waals surface area contributed by atoms with Gasteiger partial charge in [-0.25, -0.2) is 0 Å². The van der Waals surface area contributed by atoms with E-state index in [1.54, 1.807) is 5.57 Å². The number of ether oxygens (including phenoxy) is 1. The number of rotatable bonds is 14. The van der Waals surface area contributed by atoms with Gasteiger partial charge in [0.15, 0.2) is 0 Å². The Bertz CT molecular complexity index is 1800. The second kappa shape index (κ2) is 21.0. The molecule has 5 aliphatic rings. The van der Waals surface area contributed by atoms with Gasteiger partial charge in [0, 0.05) is 5.56 Å². The Morgan fingerprint density at radius 1 is 0.803 bits per heavy atom. The first-order chi connectivity index (χ1) is 28.7. The van der Waals surface area contributed by atoms with Gasteiger partial charge in [-0.1, -0.05) is 100 Å². The fourth-order valence-electron chi connectivity index (χ4n) is 13.3. The zero-order valence-electron chi connectivity index (χ0n) is 41.9. The van der Waals surface area contributed by atoms with Crippen LogP contribution in [-0.4, -0.2) is 21.9 Å². The Morgan fingerprint density at radius 3 is 2.13 bits per heavy atom. The minimum absolute atomic E-state index is 0.0870. The minimum Gasteiger partial charge on any atom is -0.507 e. The summed E-state index contributed by atoms with van der Waals surface area (Å²) in [5, 5.41) is 20.6. The Kier molecular flexibility index (Phi) is 17.0. The first kappa shape index (κ1) is 49.5. The largest absolute Gasteiger partial charge is 0.507 e. The molecule has 3 heteroatoms. The van der Waals surface area contributed by atoms with Crippen molar-refractivity contribution in [2.75, 3.05) is 0 Å². The van der Waals surface area contributed by atoms with Crippen LogP contribution < -0.4 is 4.74 Å². The molecule has 0 saturated heterocycles. The maximum atomic E-state index is 10.4. The molecule has 342 valence electrons. The molecule has 3 nitrogen and oxygen atoms in total. The molecule has 4 aliphatic carbocycles. The lowest BCUT2D eigenvalue weighted by Crippen LogP contribution is -2.50. The normalized spacial score (nSPS) is 32.1. The second-order valence-corrected chi connectivity index (χ2v) is 22.5. The lowest BCUT2D eigenvalue weighted by Gasteiger charge is -2.58. The predicted octanol–water partition coefficient (Wildman–Crippen LogP) is 16.4. The van der Waals surface area contributed by atoms with E-state index in [0.29, 0.717) is 22.5 Å². The Hall–Kier alpha value is -2.52. The second-order valence-electron chi connectivity index (χ2n) is 22.5. The number of aliphatic hydroxyl groups excluding tert-OH is 1. The molecule has 0 radical (unpaired) electrons. The third-order valence-corrected chi connectivity index (χ3v) is 17.7. The molecule has 6 rings (SSSR count). The highest BCUT2D eigenvalue weighted by molar-refractivity contribution is 5.58. The molecule has 2 N–H and O–H groups in total. The van der Waals surface area contributed by atoms with Crippen molar-refractivity contribution in [2.24, 2.45) is 52.3 Å². The summed E-state index contributed by atoms with van der Waals surface area (Å²) in [6.07, 6.45) is 34.9. The summed E-state index contributed by atoms with van der Waals surface area (Å²) in [6, 6.07) is 0. The van der Waals surface area contributed by atoms with Gasteiger partial charge in [0.05, 0.1) is 6.10 Å². The van der Waals surface area contributed by atoms with Crippen LogP contribution >= 0.6 is 0 Å². The van der Waals surface area contributed by atoms with Gasteiger partial charge in [-0.05, 0) is 233 Å². The Morgan fingerprint density at radius 2 is 1.48 bits per heavy atom. The molecule has 0 amide bonds. The van der Waals surface area contributed by atoms with E-state index in [0.717, 1.165) is 116 Å². The number of fused-ring (bicyclic) bond motifs is 6. The number of hydrogen-bond acceptors (Lipinski definition) is 3. The van der Waals surface area contributed by atoms with Gasteiger partial charge in [-0.3, -0.25) is 0 Å². The monoisotopic (exact) mass is 837 g/mol. The van der Waals surface area contributed by atoms with Crippen LogP contribution in [-0.2, 0) is 6.42 Å². The van der Waals surface area contributed by atoms with Crippen molar-refractivity contribution in [1.82, 2.24) is 0 Å². The maximum Gasteiger partial charge on any atom is 0.127 e. The number of benzene rings is 1. The lowest BCUT2D eigenvalue weighted by atomic mass is 9.47. The third kappa shape index (κ3) is 11.4. The molecule has 0 aromatic heterocycles. The highest BCUT2D eigenvalue weighted by Gasteiger charge is 2.59. The van der Waals surface area contributed by atoms with Crippen LogP contribution in [0.25, 0.3) is 0 Å². The number of phenols is 1. The average Bonchev–Trinajstić information content (AvgIpc) is 3.57. The van der Waals surface area contributed by atoms with Crippen molar-refractivity contribution in [2.45, 2.75) is 218 Å². The smallest absolute Gasteiger partial charge is 0.127 e. The predicted molar refractivity (Wildman–Crippen MR) is 262 cm³/mol. The zero-order valence-corrected chi connectivity index (χ0v) is 41.9. The highest BCUT2D eigenvalue weighted by Crippen LogP contribution is 2.67. The molecule has 3 saturated carbocycles. The first-order valence-electron chi connectivity index (χ1n) is 25.3. The van der Waals surface area contributed by atoms with E-state index in [1.807, 2.05) is 13.8 Å². The molecule has 1 aliphatic heterocycles. The molecule has 0 bridgehead atoms. The van der Waals surface area contributed by atoms with Crippen molar-refractivity contribution in [3.63, 3.8) is 0 Å². The van der Waals surface area contributed by atoms with Crippen LogP contribution in [0, 0.1) is 73.0 Å². The molecule has 0 unspecified atom stereocenters. The third-order valence-electron chi connectivity index (χ3n) is 17.7. The first-order valence-corrected chi connectivity index (χ1v) is 25.3. The van der Waals surface area contributed by atoms with Crippen LogP contribution in [0.2, 0.25) is 0 Å². The van der Waals surface area contributed by atoms with Crippen molar-refractivity contribution in [3.05, 3.63) is 81.0 Å². The molecule has 1 aromatic carbocycles. The molecule has 1 aromatic rings. The highest BCUT2D eigenvalue weighted by atomic mass is 16.5. The summed E-state index contributed by atoms with van der Waals surface area (Å²) in [7, 11) is 0. The number of allylic oxidation sites excluding steroid dienone is 9. The molecular formula is C58H92O3. The summed E-state index contributed by atoms with van der Waals surface area (Å²) < 4.78 is 6.56. The fourth-order valence-corrected chi connectivity index (χ4v) is 13.3. The Labute approximate surface area is 376 Å². The number of aromatic hydroxyl groups is 1. The van der Waals surface area contributed by atoms with E-state index in [-0.39, 0.29) is 11.7 Å². The summed E-state index contributed by atoms with van der Waals surface area (Å²) in [5.74, 6) is 7.14. The van der Waals surface area contributed by atoms with Crippen molar-refractivity contribution in [1.29, 1.82) is 0 Å². The number of aliphatic hydroxyl groups is 1. The Balaban J connectivity index is 0.000000231. The van der Waals surface area contributed by atoms with Gasteiger partial charge in [0.25, 0.3) is 0 Å². The lowest BCUT2D eigenvalue weighted by molar-refractivity contribution is -0.0540. The summed E-state index contributed by atoms with van der Waals surface area (Å²) in [5.41, 5.74) is 11.0. The molecule has 0 spiro atoms. The summed E-state index contributed by atoms with van der Waals surface area (Å²) in [4.78, 5) is 0. The van der Waals surface area contributed by atoms with Gasteiger partial charge in [0.1, 0.15) is 17.1 Å². The van der Waals surface area contributed by atoms with E-state index in [1.165, 1.54) is 73.6 Å². The van der Waals surface area contributed by atoms with Gasteiger partial charge < -0.3 is 14.9 Å². The van der Waals surface area contributed by atoms with E-state index in [4.69, 9.17) is 4.74 Å². The van der Waals surface area contributed by atoms with Crippen molar-refractivity contribution in [3.8, 4) is 11.5 Å². The molecular weight excluding hydrogens is 745 g/mol. The average molecular weight is 837 g/mol. The van der Waals surface area contributed by atoms with Crippen molar-refractivity contribution < 1.29 is 14.9 Å². The molecule has 3 fully saturated rings. The summed E-state index contributed by atoms with van der Waals surface area (Å²) in [6.45, 7) is 32.0. The van der Waals surface area contributed by atoms with E-state index < -0.39 is 0 Å². The molecule has 1 heterocycles. The van der Waals surface area contributed by atoms with Crippen molar-refractivity contribution >= 4 is 0 Å². The van der Waals surface area contributed by atoms with Crippen LogP contribution in [0.15, 0.2) is 58.7 Å². The van der Waals surface area contributed by atoms with Crippen LogP contribution in [0.4, 0.5) is 0 Å².